The standard InChI is InChI=1S/C16H36B.Li/c1-5-9-13-17(14-10-6-2,15-11-7-3)16-12-8-4;/h5-16H2,1-4H3;/q-1;+1. The molecule has 0 spiro atoms. The minimum atomic E-state index is -0.00722. The Labute approximate surface area is 129 Å². The summed E-state index contributed by atoms with van der Waals surface area (Å²) in [6.45, 7) is 9.39. The third-order valence-corrected chi connectivity index (χ3v) is 4.68. The minimum Gasteiger partial charge on any atom is -0.178 e. The Morgan fingerprint density at radius 2 is 0.722 bits per heavy atom. The molecule has 0 unspecified atom stereocenters. The van der Waals surface area contributed by atoms with E-state index in [0.717, 1.165) is 0 Å². The average molecular weight is 246 g/mol. The van der Waals surface area contributed by atoms with Crippen LogP contribution in [0.3, 0.4) is 0 Å². The van der Waals surface area contributed by atoms with Crippen LogP contribution in [0.25, 0.3) is 0 Å². The summed E-state index contributed by atoms with van der Waals surface area (Å²) in [7, 11) is 0. The number of unbranched alkanes of at least 4 members (excludes halogenated alkanes) is 4. The summed E-state index contributed by atoms with van der Waals surface area (Å²) in [5.74, 6) is 0. The molecule has 2 heteroatoms. The molecule has 0 atom stereocenters. The van der Waals surface area contributed by atoms with Crippen molar-refractivity contribution in [2.45, 2.75) is 104 Å². The SMILES string of the molecule is CCCC[B-](CCCC)(CCCC)CCCC.[Li+]. The summed E-state index contributed by atoms with van der Waals surface area (Å²) in [5.41, 5.74) is 0. The Kier molecular flexibility index (Phi) is 16.4. The molecule has 0 bridgehead atoms. The normalized spacial score (nSPS) is 11.3. The van der Waals surface area contributed by atoms with Gasteiger partial charge in [-0.05, 0) is 0 Å². The molecule has 0 radical (unpaired) electrons. The zero-order valence-electron chi connectivity index (χ0n) is 14.1. The summed E-state index contributed by atoms with van der Waals surface area (Å²) >= 11 is 0. The van der Waals surface area contributed by atoms with Crippen molar-refractivity contribution in [3.8, 4) is 0 Å². The van der Waals surface area contributed by atoms with Crippen molar-refractivity contribution in [3.63, 3.8) is 0 Å². The van der Waals surface area contributed by atoms with E-state index in [0.29, 0.717) is 0 Å². The largest absolute Gasteiger partial charge is 1.00 e. The molecule has 0 aromatic rings. The molecule has 0 rings (SSSR count). The number of rotatable bonds is 12. The van der Waals surface area contributed by atoms with Crippen molar-refractivity contribution < 1.29 is 18.9 Å². The fraction of sp³-hybridized carbons (Fsp3) is 1.00. The summed E-state index contributed by atoms with van der Waals surface area (Å²) in [6, 6.07) is 0. The third-order valence-electron chi connectivity index (χ3n) is 4.68. The Morgan fingerprint density at radius 1 is 0.500 bits per heavy atom. The molecule has 0 aliphatic heterocycles. The van der Waals surface area contributed by atoms with Crippen LogP contribution in [0.15, 0.2) is 0 Å². The van der Waals surface area contributed by atoms with Gasteiger partial charge in [0.15, 0.2) is 0 Å². The van der Waals surface area contributed by atoms with E-state index in [2.05, 4.69) is 27.7 Å². The predicted molar refractivity (Wildman–Crippen MR) is 84.6 cm³/mol. The molecule has 0 heterocycles. The summed E-state index contributed by atoms with van der Waals surface area (Å²) in [5, 5.41) is 0. The molecule has 0 N–H and O–H groups in total. The molecule has 0 aromatic heterocycles. The van der Waals surface area contributed by atoms with E-state index in [9.17, 15) is 0 Å². The fourth-order valence-electron chi connectivity index (χ4n) is 3.41. The van der Waals surface area contributed by atoms with E-state index in [4.69, 9.17) is 0 Å². The van der Waals surface area contributed by atoms with Crippen LogP contribution in [0.5, 0.6) is 0 Å². The van der Waals surface area contributed by atoms with Gasteiger partial charge < -0.3 is 0 Å². The Balaban J connectivity index is 0. The van der Waals surface area contributed by atoms with Gasteiger partial charge in [0.2, 0.25) is 0 Å². The third kappa shape index (κ3) is 9.57. The van der Waals surface area contributed by atoms with Gasteiger partial charge in [0.1, 0.15) is 0 Å². The maximum Gasteiger partial charge on any atom is 1.00 e. The van der Waals surface area contributed by atoms with E-state index in [1.165, 1.54) is 51.4 Å². The molecule has 0 aromatic carbocycles. The average Bonchev–Trinajstić information content (AvgIpc) is 2.37. The van der Waals surface area contributed by atoms with Gasteiger partial charge >= 0.3 is 18.9 Å². The fourth-order valence-corrected chi connectivity index (χ4v) is 3.41. The zero-order valence-corrected chi connectivity index (χ0v) is 14.1. The predicted octanol–water partition coefficient (Wildman–Crippen LogP) is 3.64. The first-order valence-electron chi connectivity index (χ1n) is 8.46. The van der Waals surface area contributed by atoms with Gasteiger partial charge in [-0.1, -0.05) is 79.1 Å². The Morgan fingerprint density at radius 3 is 0.889 bits per heavy atom. The van der Waals surface area contributed by atoms with E-state index in [1.807, 2.05) is 0 Å². The van der Waals surface area contributed by atoms with Gasteiger partial charge in [-0.3, -0.25) is 0 Å². The van der Waals surface area contributed by atoms with Crippen molar-refractivity contribution in [3.05, 3.63) is 0 Å². The number of hydrogen-bond donors (Lipinski definition) is 0. The molecular formula is C16H36BLi. The van der Waals surface area contributed by atoms with Crippen LogP contribution in [0, 0.1) is 0 Å². The summed E-state index contributed by atoms with van der Waals surface area (Å²) in [6.07, 6.45) is 17.6. The van der Waals surface area contributed by atoms with Crippen molar-refractivity contribution in [2.24, 2.45) is 0 Å². The van der Waals surface area contributed by atoms with Crippen LogP contribution in [-0.2, 0) is 0 Å². The second kappa shape index (κ2) is 14.1. The maximum atomic E-state index is 2.35. The summed E-state index contributed by atoms with van der Waals surface area (Å²) < 4.78 is 0. The molecule has 0 fully saturated rings. The first-order valence-corrected chi connectivity index (χ1v) is 8.46. The second-order valence-corrected chi connectivity index (χ2v) is 6.30. The van der Waals surface area contributed by atoms with E-state index in [1.54, 1.807) is 25.3 Å². The number of hydrogen-bond acceptors (Lipinski definition) is 0. The molecular weight excluding hydrogens is 210 g/mol. The molecule has 18 heavy (non-hydrogen) atoms. The van der Waals surface area contributed by atoms with Crippen LogP contribution < -0.4 is 18.9 Å². The molecule has 0 saturated carbocycles. The van der Waals surface area contributed by atoms with E-state index in [-0.39, 0.29) is 25.0 Å². The molecule has 0 amide bonds. The zero-order chi connectivity index (χ0) is 13.0. The first kappa shape index (κ1) is 21.0. The maximum absolute atomic E-state index is 2.35. The van der Waals surface area contributed by atoms with Crippen molar-refractivity contribution in [2.75, 3.05) is 0 Å². The van der Waals surface area contributed by atoms with Gasteiger partial charge in [-0.2, -0.15) is 25.3 Å². The van der Waals surface area contributed by atoms with Gasteiger partial charge in [-0.15, -0.1) is 0 Å². The van der Waals surface area contributed by atoms with Gasteiger partial charge in [0.05, 0.1) is 0 Å². The Hall–Kier alpha value is 0.662. The monoisotopic (exact) mass is 246 g/mol. The van der Waals surface area contributed by atoms with E-state index >= 15 is 0 Å². The molecule has 0 aliphatic rings. The van der Waals surface area contributed by atoms with Crippen LogP contribution >= 0.6 is 0 Å². The van der Waals surface area contributed by atoms with Crippen LogP contribution in [0.1, 0.15) is 79.1 Å². The van der Waals surface area contributed by atoms with Crippen molar-refractivity contribution >= 4 is 6.15 Å². The van der Waals surface area contributed by atoms with Crippen molar-refractivity contribution in [1.82, 2.24) is 0 Å². The van der Waals surface area contributed by atoms with Crippen LogP contribution in [0.4, 0.5) is 0 Å². The Bertz CT molecular complexity index is 122. The molecule has 0 nitrogen and oxygen atoms in total. The quantitative estimate of drug-likeness (QED) is 0.461. The minimum absolute atomic E-state index is 0. The van der Waals surface area contributed by atoms with Gasteiger partial charge in [0.25, 0.3) is 0 Å². The molecule has 104 valence electrons. The van der Waals surface area contributed by atoms with Gasteiger partial charge in [-0.25, -0.2) is 0 Å². The second-order valence-electron chi connectivity index (χ2n) is 6.30. The molecule has 0 saturated heterocycles. The van der Waals surface area contributed by atoms with E-state index < -0.39 is 0 Å². The van der Waals surface area contributed by atoms with Gasteiger partial charge in [0, 0.05) is 6.15 Å². The molecule has 0 aliphatic carbocycles. The topological polar surface area (TPSA) is 0 Å². The van der Waals surface area contributed by atoms with Crippen LogP contribution in [-0.4, -0.2) is 6.15 Å². The first-order chi connectivity index (χ1) is 8.24. The van der Waals surface area contributed by atoms with Crippen LogP contribution in [0.2, 0.25) is 25.3 Å². The van der Waals surface area contributed by atoms with Crippen molar-refractivity contribution in [1.29, 1.82) is 0 Å². The summed E-state index contributed by atoms with van der Waals surface area (Å²) in [4.78, 5) is 0. The smallest absolute Gasteiger partial charge is 0.178 e.